The number of carbonyl (C=O) groups excluding carboxylic acids is 3. The van der Waals surface area contributed by atoms with Crippen molar-refractivity contribution in [3.05, 3.63) is 36.9 Å². The van der Waals surface area contributed by atoms with E-state index in [4.69, 9.17) is 14.2 Å². The monoisotopic (exact) mass is 486 g/mol. The average Bonchev–Trinajstić information content (AvgIpc) is 3.51. The van der Waals surface area contributed by atoms with Crippen LogP contribution in [0, 0.1) is 11.8 Å². The largest absolute Gasteiger partial charge is 0.497 e. The Bertz CT molecular complexity index is 976. The number of amides is 2. The zero-order valence-corrected chi connectivity index (χ0v) is 20.5. The Morgan fingerprint density at radius 2 is 2.06 bits per heavy atom. The number of rotatable bonds is 10. The van der Waals surface area contributed by atoms with Crippen molar-refractivity contribution >= 4 is 23.5 Å². The molecule has 190 valence electrons. The average molecular weight is 487 g/mol. The topological polar surface area (TPSA) is 106 Å². The lowest BCUT2D eigenvalue weighted by Crippen LogP contribution is -2.59. The number of anilines is 1. The molecule has 3 aliphatic heterocycles. The summed E-state index contributed by atoms with van der Waals surface area (Å²) in [6.07, 6.45) is 2.64. The van der Waals surface area contributed by atoms with Crippen LogP contribution < -0.4 is 9.64 Å². The van der Waals surface area contributed by atoms with E-state index in [1.807, 2.05) is 6.92 Å². The molecule has 0 saturated carbocycles. The third-order valence-electron chi connectivity index (χ3n) is 7.57. The molecule has 2 bridgehead atoms. The fourth-order valence-corrected chi connectivity index (χ4v) is 6.05. The smallest absolute Gasteiger partial charge is 0.312 e. The minimum Gasteiger partial charge on any atom is -0.497 e. The van der Waals surface area contributed by atoms with E-state index in [0.29, 0.717) is 30.7 Å². The Balaban J connectivity index is 1.79. The Hall–Kier alpha value is -2.91. The van der Waals surface area contributed by atoms with Crippen LogP contribution in [0.5, 0.6) is 5.75 Å². The number of hydrogen-bond donors (Lipinski definition) is 1. The minimum absolute atomic E-state index is 0.195. The van der Waals surface area contributed by atoms with Gasteiger partial charge < -0.3 is 29.1 Å². The number of esters is 1. The van der Waals surface area contributed by atoms with Crippen LogP contribution in [0.15, 0.2) is 36.9 Å². The Morgan fingerprint density at radius 1 is 1.34 bits per heavy atom. The molecular formula is C26H34N2O7. The number of ether oxygens (including phenoxy) is 3. The highest BCUT2D eigenvalue weighted by Gasteiger charge is 2.75. The van der Waals surface area contributed by atoms with E-state index in [1.165, 1.54) is 4.90 Å². The number of carbonyl (C=O) groups is 3. The maximum Gasteiger partial charge on any atom is 0.312 e. The van der Waals surface area contributed by atoms with Gasteiger partial charge >= 0.3 is 5.97 Å². The van der Waals surface area contributed by atoms with Gasteiger partial charge in [0.15, 0.2) is 0 Å². The summed E-state index contributed by atoms with van der Waals surface area (Å²) in [5, 5.41) is 10.1. The molecule has 2 amide bonds. The summed E-state index contributed by atoms with van der Waals surface area (Å²) in [7, 11) is 1.57. The summed E-state index contributed by atoms with van der Waals surface area (Å²) in [6.45, 7) is 7.49. The van der Waals surface area contributed by atoms with Gasteiger partial charge in [0.2, 0.25) is 5.91 Å². The standard InChI is InChI=1S/C26H34N2O7/c1-5-14-27(17-8-10-18(33-4)11-9-17)24(31)22-26-13-12-19(35-26)20(25(32)34-7-3)21(26)23(30)28(22)16(6-2)15-29/h5,8-11,16,19-22,29H,1,6-7,12-15H2,2-4H3/t16-,19-,20+,21+,22-,26+/m0/s1. The van der Waals surface area contributed by atoms with Crippen LogP contribution >= 0.6 is 0 Å². The van der Waals surface area contributed by atoms with E-state index >= 15 is 0 Å². The molecule has 3 saturated heterocycles. The van der Waals surface area contributed by atoms with Crippen LogP contribution in [-0.4, -0.2) is 78.4 Å². The van der Waals surface area contributed by atoms with Crippen LogP contribution in [0.25, 0.3) is 0 Å². The fourth-order valence-electron chi connectivity index (χ4n) is 6.05. The number of aliphatic hydroxyl groups excluding tert-OH is 1. The molecule has 1 N–H and O–H groups in total. The highest BCUT2D eigenvalue weighted by molar-refractivity contribution is 6.04. The van der Waals surface area contributed by atoms with Crippen molar-refractivity contribution in [1.29, 1.82) is 0 Å². The number of benzene rings is 1. The summed E-state index contributed by atoms with van der Waals surface area (Å²) in [6, 6.07) is 5.50. The van der Waals surface area contributed by atoms with Gasteiger partial charge in [0.05, 0.1) is 44.3 Å². The predicted molar refractivity (Wildman–Crippen MR) is 128 cm³/mol. The fraction of sp³-hybridized carbons (Fsp3) is 0.577. The second-order valence-electron chi connectivity index (χ2n) is 9.23. The van der Waals surface area contributed by atoms with E-state index in [1.54, 1.807) is 49.3 Å². The van der Waals surface area contributed by atoms with Crippen LogP contribution in [0.4, 0.5) is 5.69 Å². The number of hydrogen-bond acceptors (Lipinski definition) is 7. The first kappa shape index (κ1) is 25.2. The SMILES string of the molecule is C=CCN(C(=O)[C@@H]1N([C@@H](CC)CO)C(=O)[C@H]2[C@H](C(=O)OCC)[C@@H]3CC[C@]12O3)c1ccc(OC)cc1. The highest BCUT2D eigenvalue weighted by Crippen LogP contribution is 2.59. The molecule has 1 aromatic carbocycles. The molecule has 9 heteroatoms. The first-order valence-corrected chi connectivity index (χ1v) is 12.2. The van der Waals surface area contributed by atoms with Crippen molar-refractivity contribution < 1.29 is 33.7 Å². The van der Waals surface area contributed by atoms with Crippen molar-refractivity contribution in [2.24, 2.45) is 11.8 Å². The molecular weight excluding hydrogens is 452 g/mol. The lowest BCUT2D eigenvalue weighted by molar-refractivity contribution is -0.155. The number of fused-ring (bicyclic) bond motifs is 1. The molecule has 0 unspecified atom stereocenters. The Kier molecular flexibility index (Phi) is 7.19. The van der Waals surface area contributed by atoms with Crippen molar-refractivity contribution in [2.45, 2.75) is 56.9 Å². The van der Waals surface area contributed by atoms with E-state index in [-0.39, 0.29) is 31.6 Å². The third kappa shape index (κ3) is 3.90. The van der Waals surface area contributed by atoms with Gasteiger partial charge in [-0.1, -0.05) is 13.0 Å². The molecule has 1 spiro atoms. The minimum atomic E-state index is -1.15. The summed E-state index contributed by atoms with van der Waals surface area (Å²) >= 11 is 0. The molecule has 0 radical (unpaired) electrons. The maximum atomic E-state index is 14.3. The molecule has 3 heterocycles. The molecule has 4 rings (SSSR count). The number of likely N-dealkylation sites (tertiary alicyclic amines) is 1. The van der Waals surface area contributed by atoms with Crippen LogP contribution in [0.2, 0.25) is 0 Å². The second kappa shape index (κ2) is 9.99. The summed E-state index contributed by atoms with van der Waals surface area (Å²) < 4.78 is 16.9. The Morgan fingerprint density at radius 3 is 2.63 bits per heavy atom. The van der Waals surface area contributed by atoms with Crippen LogP contribution in [-0.2, 0) is 23.9 Å². The molecule has 0 aliphatic carbocycles. The zero-order valence-electron chi connectivity index (χ0n) is 20.5. The van der Waals surface area contributed by atoms with Gasteiger partial charge in [0, 0.05) is 12.2 Å². The maximum absolute atomic E-state index is 14.3. The molecule has 9 nitrogen and oxygen atoms in total. The van der Waals surface area contributed by atoms with E-state index in [0.717, 1.165) is 0 Å². The summed E-state index contributed by atoms with van der Waals surface area (Å²) in [5.74, 6) is -2.07. The number of nitrogens with zero attached hydrogens (tertiary/aromatic N) is 2. The van der Waals surface area contributed by atoms with Gasteiger partial charge in [-0.3, -0.25) is 14.4 Å². The molecule has 6 atom stereocenters. The predicted octanol–water partition coefficient (Wildman–Crippen LogP) is 1.92. The Labute approximate surface area is 205 Å². The van der Waals surface area contributed by atoms with Crippen molar-refractivity contribution in [1.82, 2.24) is 4.90 Å². The van der Waals surface area contributed by atoms with E-state index in [9.17, 15) is 19.5 Å². The lowest BCUT2D eigenvalue weighted by atomic mass is 9.70. The molecule has 1 aromatic rings. The van der Waals surface area contributed by atoms with Gasteiger partial charge in [-0.15, -0.1) is 6.58 Å². The van der Waals surface area contributed by atoms with Crippen LogP contribution in [0.3, 0.4) is 0 Å². The normalized spacial score (nSPS) is 29.6. The highest BCUT2D eigenvalue weighted by atomic mass is 16.6. The summed E-state index contributed by atoms with van der Waals surface area (Å²) in [5.41, 5.74) is -0.528. The van der Waals surface area contributed by atoms with Gasteiger partial charge in [-0.2, -0.15) is 0 Å². The zero-order chi connectivity index (χ0) is 25.3. The quantitative estimate of drug-likeness (QED) is 0.398. The van der Waals surface area contributed by atoms with Crippen molar-refractivity contribution in [3.8, 4) is 5.75 Å². The first-order valence-electron chi connectivity index (χ1n) is 12.2. The van der Waals surface area contributed by atoms with Crippen molar-refractivity contribution in [2.75, 3.05) is 31.8 Å². The van der Waals surface area contributed by atoms with Gasteiger partial charge in [-0.05, 0) is 50.5 Å². The molecule has 3 fully saturated rings. The second-order valence-corrected chi connectivity index (χ2v) is 9.23. The molecule has 3 aliphatic rings. The molecule has 35 heavy (non-hydrogen) atoms. The summed E-state index contributed by atoms with van der Waals surface area (Å²) in [4.78, 5) is 44.1. The van der Waals surface area contributed by atoms with Gasteiger partial charge in [0.1, 0.15) is 17.4 Å². The third-order valence-corrected chi connectivity index (χ3v) is 7.57. The van der Waals surface area contributed by atoms with Crippen molar-refractivity contribution in [3.63, 3.8) is 0 Å². The van der Waals surface area contributed by atoms with E-state index in [2.05, 4.69) is 6.58 Å². The van der Waals surface area contributed by atoms with Gasteiger partial charge in [0.25, 0.3) is 5.91 Å². The molecule has 0 aromatic heterocycles. The number of methoxy groups -OCH3 is 1. The van der Waals surface area contributed by atoms with Crippen LogP contribution in [0.1, 0.15) is 33.1 Å². The number of aliphatic hydroxyl groups is 1. The van der Waals surface area contributed by atoms with E-state index < -0.39 is 41.6 Å². The first-order chi connectivity index (χ1) is 16.9. The van der Waals surface area contributed by atoms with Gasteiger partial charge in [-0.25, -0.2) is 0 Å². The lowest BCUT2D eigenvalue weighted by Gasteiger charge is -2.39.